The van der Waals surface area contributed by atoms with E-state index in [0.717, 1.165) is 11.3 Å². The zero-order valence-corrected chi connectivity index (χ0v) is 10.1. The van der Waals surface area contributed by atoms with E-state index in [-0.39, 0.29) is 5.97 Å². The minimum atomic E-state index is -0.367. The number of H-pyrrole nitrogens is 1. The van der Waals surface area contributed by atoms with E-state index < -0.39 is 0 Å². The average Bonchev–Trinajstić information content (AvgIpc) is 2.82. The van der Waals surface area contributed by atoms with Crippen molar-refractivity contribution in [2.75, 3.05) is 7.11 Å². The maximum atomic E-state index is 11.5. The Labute approximate surface area is 101 Å². The highest BCUT2D eigenvalue weighted by atomic mass is 79.9. The molecule has 0 aliphatic carbocycles. The van der Waals surface area contributed by atoms with Crippen LogP contribution in [0.5, 0.6) is 0 Å². The van der Waals surface area contributed by atoms with Gasteiger partial charge in [-0.1, -0.05) is 6.07 Å². The average molecular weight is 281 g/mol. The van der Waals surface area contributed by atoms with Gasteiger partial charge in [-0.05, 0) is 28.1 Å². The quantitative estimate of drug-likeness (QED) is 0.861. The molecule has 0 bridgehead atoms. The van der Waals surface area contributed by atoms with Gasteiger partial charge < -0.3 is 9.72 Å². The van der Waals surface area contributed by atoms with Crippen LogP contribution in [0.25, 0.3) is 11.3 Å². The summed E-state index contributed by atoms with van der Waals surface area (Å²) >= 11 is 3.31. The molecule has 1 N–H and O–H groups in total. The number of imidazole rings is 1. The summed E-state index contributed by atoms with van der Waals surface area (Å²) in [5, 5.41) is 0. The van der Waals surface area contributed by atoms with Gasteiger partial charge in [0.05, 0.1) is 30.9 Å². The molecule has 0 spiro atoms. The zero-order valence-electron chi connectivity index (χ0n) is 8.53. The smallest absolute Gasteiger partial charge is 0.339 e. The maximum absolute atomic E-state index is 11.5. The molecule has 16 heavy (non-hydrogen) atoms. The molecule has 0 fully saturated rings. The normalized spacial score (nSPS) is 10.1. The van der Waals surface area contributed by atoms with Crippen LogP contribution >= 0.6 is 15.9 Å². The van der Waals surface area contributed by atoms with Crippen molar-refractivity contribution in [3.05, 3.63) is 40.8 Å². The fourth-order valence-electron chi connectivity index (χ4n) is 1.37. The van der Waals surface area contributed by atoms with Crippen LogP contribution in [-0.4, -0.2) is 23.0 Å². The van der Waals surface area contributed by atoms with E-state index in [4.69, 9.17) is 4.74 Å². The lowest BCUT2D eigenvalue weighted by Crippen LogP contribution is -2.02. The van der Waals surface area contributed by atoms with Crippen molar-refractivity contribution in [2.24, 2.45) is 0 Å². The molecular formula is C11H9BrN2O2. The highest BCUT2D eigenvalue weighted by Gasteiger charge is 2.11. The number of nitrogens with zero attached hydrogens (tertiary/aromatic N) is 1. The number of rotatable bonds is 2. The van der Waals surface area contributed by atoms with Crippen molar-refractivity contribution in [1.29, 1.82) is 0 Å². The molecule has 1 aromatic carbocycles. The van der Waals surface area contributed by atoms with Crippen LogP contribution in [0, 0.1) is 0 Å². The number of ether oxygens (including phenoxy) is 1. The fraction of sp³-hybridized carbons (Fsp3) is 0.0909. The molecule has 1 aromatic heterocycles. The second kappa shape index (κ2) is 4.49. The summed E-state index contributed by atoms with van der Waals surface area (Å²) < 4.78 is 5.41. The molecular weight excluding hydrogens is 272 g/mol. The van der Waals surface area contributed by atoms with E-state index in [0.29, 0.717) is 10.0 Å². The van der Waals surface area contributed by atoms with Crippen LogP contribution in [0.15, 0.2) is 35.2 Å². The molecule has 82 valence electrons. The number of methoxy groups -OCH3 is 1. The van der Waals surface area contributed by atoms with E-state index in [1.807, 2.05) is 12.1 Å². The lowest BCUT2D eigenvalue weighted by atomic mass is 10.1. The van der Waals surface area contributed by atoms with E-state index in [2.05, 4.69) is 25.9 Å². The highest BCUT2D eigenvalue weighted by Crippen LogP contribution is 2.24. The van der Waals surface area contributed by atoms with Gasteiger partial charge >= 0.3 is 5.97 Å². The number of hydrogen-bond acceptors (Lipinski definition) is 3. The molecule has 5 heteroatoms. The van der Waals surface area contributed by atoms with Gasteiger partial charge in [0.25, 0.3) is 0 Å². The second-order valence-corrected chi connectivity index (χ2v) is 4.01. The third-order valence-electron chi connectivity index (χ3n) is 2.18. The number of aromatic nitrogens is 2. The van der Waals surface area contributed by atoms with Crippen molar-refractivity contribution in [2.45, 2.75) is 0 Å². The van der Waals surface area contributed by atoms with E-state index >= 15 is 0 Å². The number of nitrogens with one attached hydrogen (secondary N) is 1. The minimum absolute atomic E-state index is 0.367. The van der Waals surface area contributed by atoms with Crippen LogP contribution in [0.4, 0.5) is 0 Å². The first-order chi connectivity index (χ1) is 7.72. The predicted octanol–water partition coefficient (Wildman–Crippen LogP) is 2.63. The Morgan fingerprint density at radius 1 is 1.50 bits per heavy atom. The van der Waals surface area contributed by atoms with Crippen molar-refractivity contribution in [1.82, 2.24) is 9.97 Å². The molecule has 4 nitrogen and oxygen atoms in total. The second-order valence-electron chi connectivity index (χ2n) is 3.15. The van der Waals surface area contributed by atoms with Crippen molar-refractivity contribution < 1.29 is 9.53 Å². The molecule has 1 heterocycles. The number of benzene rings is 1. The predicted molar refractivity (Wildman–Crippen MR) is 63.1 cm³/mol. The van der Waals surface area contributed by atoms with Gasteiger partial charge in [-0.15, -0.1) is 0 Å². The van der Waals surface area contributed by atoms with Crippen molar-refractivity contribution >= 4 is 21.9 Å². The monoisotopic (exact) mass is 280 g/mol. The third kappa shape index (κ3) is 1.99. The Bertz CT molecular complexity index is 509. The fourth-order valence-corrected chi connectivity index (χ4v) is 1.78. The Balaban J connectivity index is 2.47. The summed E-state index contributed by atoms with van der Waals surface area (Å²) in [6, 6.07) is 5.45. The van der Waals surface area contributed by atoms with Gasteiger partial charge in [-0.25, -0.2) is 9.78 Å². The lowest BCUT2D eigenvalue weighted by molar-refractivity contribution is 0.0600. The Morgan fingerprint density at radius 2 is 2.31 bits per heavy atom. The number of carbonyl (C=O) groups excluding carboxylic acids is 1. The van der Waals surface area contributed by atoms with Crippen LogP contribution < -0.4 is 0 Å². The maximum Gasteiger partial charge on any atom is 0.339 e. The molecule has 2 aromatic rings. The first-order valence-electron chi connectivity index (χ1n) is 4.59. The lowest BCUT2D eigenvalue weighted by Gasteiger charge is -2.04. The first kappa shape index (κ1) is 10.9. The summed E-state index contributed by atoms with van der Waals surface area (Å²) in [4.78, 5) is 18.4. The Kier molecular flexibility index (Phi) is 3.05. The van der Waals surface area contributed by atoms with Crippen LogP contribution in [0.1, 0.15) is 10.4 Å². The molecule has 0 aliphatic heterocycles. The van der Waals surface area contributed by atoms with Crippen molar-refractivity contribution in [3.8, 4) is 11.3 Å². The van der Waals surface area contributed by atoms with Gasteiger partial charge in [0, 0.05) is 10.0 Å². The largest absolute Gasteiger partial charge is 0.465 e. The molecule has 0 saturated carbocycles. The molecule has 0 aliphatic rings. The van der Waals surface area contributed by atoms with Crippen molar-refractivity contribution in [3.63, 3.8) is 0 Å². The van der Waals surface area contributed by atoms with Gasteiger partial charge in [0.15, 0.2) is 0 Å². The Morgan fingerprint density at radius 3 is 2.94 bits per heavy atom. The van der Waals surface area contributed by atoms with Gasteiger partial charge in [0.2, 0.25) is 0 Å². The SMILES string of the molecule is COC(=O)c1cc(-c2cnc[nH]2)ccc1Br. The van der Waals surface area contributed by atoms with Crippen LogP contribution in [-0.2, 0) is 4.74 Å². The number of esters is 1. The molecule has 0 atom stereocenters. The first-order valence-corrected chi connectivity index (χ1v) is 5.38. The number of halogens is 1. The van der Waals surface area contributed by atoms with E-state index in [9.17, 15) is 4.79 Å². The van der Waals surface area contributed by atoms with E-state index in [1.54, 1.807) is 18.6 Å². The molecule has 2 rings (SSSR count). The summed E-state index contributed by atoms with van der Waals surface area (Å²) in [7, 11) is 1.36. The topological polar surface area (TPSA) is 55.0 Å². The summed E-state index contributed by atoms with van der Waals surface area (Å²) in [5.74, 6) is -0.367. The summed E-state index contributed by atoms with van der Waals surface area (Å²) in [6.07, 6.45) is 3.29. The van der Waals surface area contributed by atoms with E-state index in [1.165, 1.54) is 7.11 Å². The zero-order chi connectivity index (χ0) is 11.5. The van der Waals surface area contributed by atoms with Gasteiger partial charge in [0.1, 0.15) is 0 Å². The van der Waals surface area contributed by atoms with Gasteiger partial charge in [-0.2, -0.15) is 0 Å². The number of hydrogen-bond donors (Lipinski definition) is 1. The van der Waals surface area contributed by atoms with Gasteiger partial charge in [-0.3, -0.25) is 0 Å². The van der Waals surface area contributed by atoms with Crippen LogP contribution in [0.2, 0.25) is 0 Å². The minimum Gasteiger partial charge on any atom is -0.465 e. The summed E-state index contributed by atoms with van der Waals surface area (Å²) in [5.41, 5.74) is 2.24. The molecule has 0 radical (unpaired) electrons. The third-order valence-corrected chi connectivity index (χ3v) is 2.87. The number of aromatic amines is 1. The molecule has 0 saturated heterocycles. The standard InChI is InChI=1S/C11H9BrN2O2/c1-16-11(15)8-4-7(2-3-9(8)12)10-5-13-6-14-10/h2-6H,1H3,(H,13,14). The molecule has 0 amide bonds. The highest BCUT2D eigenvalue weighted by molar-refractivity contribution is 9.10. The number of carbonyl (C=O) groups is 1. The summed E-state index contributed by atoms with van der Waals surface area (Å²) in [6.45, 7) is 0. The Hall–Kier alpha value is -1.62. The van der Waals surface area contributed by atoms with Crippen LogP contribution in [0.3, 0.4) is 0 Å². The molecule has 0 unspecified atom stereocenters.